The quantitative estimate of drug-likeness (QED) is 0.849. The fourth-order valence-corrected chi connectivity index (χ4v) is 3.25. The average molecular weight is 369 g/mol. The topological polar surface area (TPSA) is 75.4 Å². The van der Waals surface area contributed by atoms with Crippen LogP contribution in [0.1, 0.15) is 53.9 Å². The second-order valence-electron chi connectivity index (χ2n) is 7.25. The number of nitrogens with zero attached hydrogens (tertiary/aromatic N) is 2. The van der Waals surface area contributed by atoms with Gasteiger partial charge in [0.15, 0.2) is 5.69 Å². The third-order valence-corrected chi connectivity index (χ3v) is 5.03. The van der Waals surface area contributed by atoms with Crippen LogP contribution in [0.4, 0.5) is 0 Å². The lowest BCUT2D eigenvalue weighted by atomic mass is 9.99. The molecular weight excluding hydrogens is 342 g/mol. The summed E-state index contributed by atoms with van der Waals surface area (Å²) in [4.78, 5) is 30.9. The molecule has 0 aliphatic carbocycles. The van der Waals surface area contributed by atoms with Gasteiger partial charge in [0.25, 0.3) is 5.91 Å². The maximum Gasteiger partial charge on any atom is 0.276 e. The Bertz CT molecular complexity index is 777. The first-order valence-corrected chi connectivity index (χ1v) is 9.59. The molecule has 1 aromatic carbocycles. The van der Waals surface area contributed by atoms with Gasteiger partial charge >= 0.3 is 0 Å². The van der Waals surface area contributed by atoms with Gasteiger partial charge in [-0.05, 0) is 37.7 Å². The number of likely N-dealkylation sites (tertiary alicyclic amines) is 1. The molecule has 1 aliphatic heterocycles. The van der Waals surface area contributed by atoms with Crippen LogP contribution < -0.4 is 5.32 Å². The van der Waals surface area contributed by atoms with Crippen LogP contribution in [0, 0.1) is 12.8 Å². The van der Waals surface area contributed by atoms with Crippen molar-refractivity contribution < 1.29 is 14.0 Å². The second kappa shape index (κ2) is 8.84. The van der Waals surface area contributed by atoms with Gasteiger partial charge in [-0.2, -0.15) is 0 Å². The van der Waals surface area contributed by atoms with Crippen molar-refractivity contribution in [2.45, 2.75) is 46.1 Å². The maximum atomic E-state index is 12.7. The molecule has 0 unspecified atom stereocenters. The standard InChI is InChI=1S/C21H27N3O3/c1-15-10-12-24(13-11-15)21(26)20-16(2)27-19(23-20)14-22-18(25)9-8-17-6-4-3-5-7-17/h3-7,15H,8-14H2,1-2H3,(H,22,25). The van der Waals surface area contributed by atoms with Crippen LogP contribution in [0.5, 0.6) is 0 Å². The van der Waals surface area contributed by atoms with Crippen molar-refractivity contribution in [2.75, 3.05) is 13.1 Å². The molecule has 27 heavy (non-hydrogen) atoms. The number of hydrogen-bond donors (Lipinski definition) is 1. The number of rotatable bonds is 6. The van der Waals surface area contributed by atoms with Crippen molar-refractivity contribution in [3.63, 3.8) is 0 Å². The molecule has 6 heteroatoms. The number of carbonyl (C=O) groups excluding carboxylic acids is 2. The smallest absolute Gasteiger partial charge is 0.276 e. The SMILES string of the molecule is Cc1oc(CNC(=O)CCc2ccccc2)nc1C(=O)N1CCC(C)CC1. The van der Waals surface area contributed by atoms with Crippen LogP contribution in [0.15, 0.2) is 34.7 Å². The van der Waals surface area contributed by atoms with Crippen molar-refractivity contribution in [1.29, 1.82) is 0 Å². The minimum atomic E-state index is -0.0789. The van der Waals surface area contributed by atoms with E-state index in [1.54, 1.807) is 6.92 Å². The lowest BCUT2D eigenvalue weighted by Gasteiger charge is -2.29. The molecular formula is C21H27N3O3. The number of nitrogens with one attached hydrogen (secondary N) is 1. The third kappa shape index (κ3) is 5.18. The van der Waals surface area contributed by atoms with Crippen molar-refractivity contribution in [1.82, 2.24) is 15.2 Å². The number of oxazole rings is 1. The normalized spacial score (nSPS) is 15.0. The van der Waals surface area contributed by atoms with Gasteiger partial charge in [0.05, 0.1) is 6.54 Å². The Hall–Kier alpha value is -2.63. The van der Waals surface area contributed by atoms with E-state index in [2.05, 4.69) is 17.2 Å². The summed E-state index contributed by atoms with van der Waals surface area (Å²) in [6, 6.07) is 9.89. The first-order valence-electron chi connectivity index (χ1n) is 9.59. The van der Waals surface area contributed by atoms with E-state index in [0.29, 0.717) is 36.1 Å². The van der Waals surface area contributed by atoms with E-state index in [1.165, 1.54) is 0 Å². The summed E-state index contributed by atoms with van der Waals surface area (Å²) in [6.07, 6.45) is 3.13. The summed E-state index contributed by atoms with van der Waals surface area (Å²) >= 11 is 0. The van der Waals surface area contributed by atoms with Crippen LogP contribution in [0.2, 0.25) is 0 Å². The van der Waals surface area contributed by atoms with Crippen LogP contribution in [-0.2, 0) is 17.8 Å². The Morgan fingerprint density at radius 1 is 1.22 bits per heavy atom. The van der Waals surface area contributed by atoms with E-state index in [0.717, 1.165) is 31.5 Å². The number of aryl methyl sites for hydroxylation is 2. The molecule has 2 heterocycles. The molecule has 0 spiro atoms. The minimum Gasteiger partial charge on any atom is -0.443 e. The van der Waals surface area contributed by atoms with Crippen LogP contribution in [0.25, 0.3) is 0 Å². The van der Waals surface area contributed by atoms with Crippen molar-refractivity contribution >= 4 is 11.8 Å². The van der Waals surface area contributed by atoms with Gasteiger partial charge < -0.3 is 14.6 Å². The molecule has 0 bridgehead atoms. The molecule has 1 saturated heterocycles. The number of amides is 2. The molecule has 2 aromatic rings. The van der Waals surface area contributed by atoms with Gasteiger partial charge in [-0.3, -0.25) is 9.59 Å². The van der Waals surface area contributed by atoms with Crippen molar-refractivity contribution in [3.8, 4) is 0 Å². The van der Waals surface area contributed by atoms with Gasteiger partial charge in [-0.25, -0.2) is 4.98 Å². The van der Waals surface area contributed by atoms with Crippen molar-refractivity contribution in [3.05, 3.63) is 53.2 Å². The molecule has 2 amide bonds. The van der Waals surface area contributed by atoms with Gasteiger partial charge in [0, 0.05) is 19.5 Å². The summed E-state index contributed by atoms with van der Waals surface area (Å²) in [7, 11) is 0. The third-order valence-electron chi connectivity index (χ3n) is 5.03. The molecule has 1 aromatic heterocycles. The van der Waals surface area contributed by atoms with Gasteiger partial charge in [0.2, 0.25) is 11.8 Å². The summed E-state index contributed by atoms with van der Waals surface area (Å²) in [6.45, 7) is 5.67. The van der Waals surface area contributed by atoms with E-state index in [-0.39, 0.29) is 18.4 Å². The zero-order valence-corrected chi connectivity index (χ0v) is 16.0. The summed E-state index contributed by atoms with van der Waals surface area (Å²) in [5.74, 6) is 1.40. The zero-order chi connectivity index (χ0) is 19.2. The predicted molar refractivity (Wildman–Crippen MR) is 102 cm³/mol. The highest BCUT2D eigenvalue weighted by Gasteiger charge is 2.26. The Labute approximate surface area is 160 Å². The second-order valence-corrected chi connectivity index (χ2v) is 7.25. The molecule has 6 nitrogen and oxygen atoms in total. The Morgan fingerprint density at radius 3 is 2.63 bits per heavy atom. The molecule has 1 fully saturated rings. The number of piperidine rings is 1. The Kier molecular flexibility index (Phi) is 6.27. The molecule has 0 atom stereocenters. The highest BCUT2D eigenvalue weighted by molar-refractivity contribution is 5.93. The molecule has 144 valence electrons. The number of hydrogen-bond acceptors (Lipinski definition) is 4. The van der Waals surface area contributed by atoms with Gasteiger partial charge in [-0.1, -0.05) is 37.3 Å². The summed E-state index contributed by atoms with van der Waals surface area (Å²) < 4.78 is 5.59. The maximum absolute atomic E-state index is 12.7. The monoisotopic (exact) mass is 369 g/mol. The number of aromatic nitrogens is 1. The lowest BCUT2D eigenvalue weighted by Crippen LogP contribution is -2.38. The lowest BCUT2D eigenvalue weighted by molar-refractivity contribution is -0.121. The Balaban J connectivity index is 1.50. The summed E-state index contributed by atoms with van der Waals surface area (Å²) in [5.41, 5.74) is 1.49. The first-order chi connectivity index (χ1) is 13.0. The van der Waals surface area contributed by atoms with E-state index in [1.807, 2.05) is 35.2 Å². The molecule has 1 aliphatic rings. The van der Waals surface area contributed by atoms with Gasteiger partial charge in [0.1, 0.15) is 5.76 Å². The van der Waals surface area contributed by atoms with E-state index < -0.39 is 0 Å². The van der Waals surface area contributed by atoms with E-state index in [4.69, 9.17) is 4.42 Å². The fraction of sp³-hybridized carbons (Fsp3) is 0.476. The van der Waals surface area contributed by atoms with Gasteiger partial charge in [-0.15, -0.1) is 0 Å². The zero-order valence-electron chi connectivity index (χ0n) is 16.0. The molecule has 3 rings (SSSR count). The Morgan fingerprint density at radius 2 is 1.93 bits per heavy atom. The van der Waals surface area contributed by atoms with Crippen LogP contribution >= 0.6 is 0 Å². The highest BCUT2D eigenvalue weighted by atomic mass is 16.4. The highest BCUT2D eigenvalue weighted by Crippen LogP contribution is 2.19. The van der Waals surface area contributed by atoms with Crippen LogP contribution in [0.3, 0.4) is 0 Å². The first kappa shape index (κ1) is 19.1. The van der Waals surface area contributed by atoms with E-state index in [9.17, 15) is 9.59 Å². The number of benzene rings is 1. The fourth-order valence-electron chi connectivity index (χ4n) is 3.25. The van der Waals surface area contributed by atoms with E-state index >= 15 is 0 Å². The number of carbonyl (C=O) groups is 2. The molecule has 0 radical (unpaired) electrons. The van der Waals surface area contributed by atoms with Crippen LogP contribution in [-0.4, -0.2) is 34.8 Å². The molecule has 1 N–H and O–H groups in total. The minimum absolute atomic E-state index is 0.0624. The summed E-state index contributed by atoms with van der Waals surface area (Å²) in [5, 5.41) is 2.81. The average Bonchev–Trinajstić information content (AvgIpc) is 3.06. The predicted octanol–water partition coefficient (Wildman–Crippen LogP) is 3.10. The van der Waals surface area contributed by atoms with Crippen molar-refractivity contribution in [2.24, 2.45) is 5.92 Å². The largest absolute Gasteiger partial charge is 0.443 e. The molecule has 0 saturated carbocycles.